The van der Waals surface area contributed by atoms with Crippen molar-refractivity contribution in [3.63, 3.8) is 0 Å². The van der Waals surface area contributed by atoms with Crippen molar-refractivity contribution in [2.75, 3.05) is 32.1 Å². The predicted molar refractivity (Wildman–Crippen MR) is 97.1 cm³/mol. The summed E-state index contributed by atoms with van der Waals surface area (Å²) in [7, 11) is 1.54. The second-order valence-corrected chi connectivity index (χ2v) is 8.07. The molecule has 4 aliphatic rings. The van der Waals surface area contributed by atoms with E-state index >= 15 is 0 Å². The lowest BCUT2D eigenvalue weighted by Crippen LogP contribution is -2.54. The number of likely N-dealkylation sites (tertiary alicyclic amines) is 1. The zero-order chi connectivity index (χ0) is 18.9. The molecule has 0 aromatic heterocycles. The van der Waals surface area contributed by atoms with Crippen LogP contribution in [0.5, 0.6) is 0 Å². The first kappa shape index (κ1) is 17.2. The number of rotatable bonds is 3. The van der Waals surface area contributed by atoms with Crippen LogP contribution in [-0.2, 0) is 24.7 Å². The van der Waals surface area contributed by atoms with Crippen molar-refractivity contribution in [2.24, 2.45) is 11.8 Å². The molecule has 0 bridgehead atoms. The Labute approximate surface area is 161 Å². The maximum atomic E-state index is 13.3. The van der Waals surface area contributed by atoms with Gasteiger partial charge in [-0.1, -0.05) is 11.6 Å². The molecule has 0 saturated carbocycles. The minimum absolute atomic E-state index is 0.102. The molecule has 3 saturated heterocycles. The van der Waals surface area contributed by atoms with Crippen LogP contribution in [-0.4, -0.2) is 60.4 Å². The van der Waals surface area contributed by atoms with E-state index in [0.29, 0.717) is 22.8 Å². The highest BCUT2D eigenvalue weighted by Crippen LogP contribution is 2.60. The second kappa shape index (κ2) is 5.77. The van der Waals surface area contributed by atoms with Crippen molar-refractivity contribution in [3.8, 4) is 0 Å². The number of imide groups is 1. The van der Waals surface area contributed by atoms with Crippen LogP contribution >= 0.6 is 11.6 Å². The molecule has 4 aliphatic heterocycles. The number of nitrogens with one attached hydrogen (secondary N) is 1. The lowest BCUT2D eigenvalue weighted by atomic mass is 9.75. The summed E-state index contributed by atoms with van der Waals surface area (Å²) in [5.74, 6) is -1.90. The molecule has 0 aliphatic carbocycles. The van der Waals surface area contributed by atoms with Crippen molar-refractivity contribution in [1.29, 1.82) is 0 Å². The molecule has 27 heavy (non-hydrogen) atoms. The molecule has 3 fully saturated rings. The molecular weight excluding hydrogens is 370 g/mol. The molecule has 1 spiro atoms. The Kier molecular flexibility index (Phi) is 3.67. The van der Waals surface area contributed by atoms with E-state index in [-0.39, 0.29) is 36.9 Å². The molecule has 4 heterocycles. The molecule has 0 radical (unpaired) electrons. The fourth-order valence-corrected chi connectivity index (χ4v) is 5.81. The summed E-state index contributed by atoms with van der Waals surface area (Å²) in [4.78, 5) is 43.2. The smallest absolute Gasteiger partial charge is 0.250 e. The van der Waals surface area contributed by atoms with E-state index < -0.39 is 17.4 Å². The average molecular weight is 390 g/mol. The van der Waals surface area contributed by atoms with Gasteiger partial charge in [0.2, 0.25) is 17.7 Å². The van der Waals surface area contributed by atoms with Gasteiger partial charge in [-0.25, -0.2) is 0 Å². The zero-order valence-corrected chi connectivity index (χ0v) is 15.7. The van der Waals surface area contributed by atoms with E-state index in [1.165, 1.54) is 12.0 Å². The van der Waals surface area contributed by atoms with Crippen molar-refractivity contribution in [2.45, 2.75) is 24.4 Å². The quantitative estimate of drug-likeness (QED) is 0.786. The van der Waals surface area contributed by atoms with Gasteiger partial charge in [0, 0.05) is 29.4 Å². The molecule has 4 atom stereocenters. The summed E-state index contributed by atoms with van der Waals surface area (Å²) in [6, 6.07) is 5.16. The van der Waals surface area contributed by atoms with Gasteiger partial charge in [0.05, 0.1) is 25.0 Å². The maximum absolute atomic E-state index is 13.3. The normalized spacial score (nSPS) is 34.4. The van der Waals surface area contributed by atoms with E-state index in [0.717, 1.165) is 12.8 Å². The van der Waals surface area contributed by atoms with Crippen LogP contribution in [0.1, 0.15) is 18.4 Å². The minimum atomic E-state index is -1.15. The van der Waals surface area contributed by atoms with E-state index in [1.807, 2.05) is 0 Å². The Morgan fingerprint density at radius 3 is 2.89 bits per heavy atom. The Balaban J connectivity index is 1.69. The summed E-state index contributed by atoms with van der Waals surface area (Å²) in [5.41, 5.74) is 0.237. The van der Waals surface area contributed by atoms with Gasteiger partial charge in [0.15, 0.2) is 0 Å². The third-order valence-electron chi connectivity index (χ3n) is 6.56. The average Bonchev–Trinajstić information content (AvgIpc) is 3.33. The van der Waals surface area contributed by atoms with Crippen LogP contribution in [0.3, 0.4) is 0 Å². The first-order chi connectivity index (χ1) is 13.0. The van der Waals surface area contributed by atoms with Gasteiger partial charge in [-0.3, -0.25) is 24.2 Å². The van der Waals surface area contributed by atoms with Gasteiger partial charge < -0.3 is 10.1 Å². The van der Waals surface area contributed by atoms with E-state index in [2.05, 4.69) is 10.2 Å². The number of carbonyl (C=O) groups excluding carboxylic acids is 3. The number of benzene rings is 1. The van der Waals surface area contributed by atoms with Crippen molar-refractivity contribution in [1.82, 2.24) is 9.80 Å². The number of ether oxygens (including phenoxy) is 1. The first-order valence-electron chi connectivity index (χ1n) is 9.24. The number of nitrogens with zero attached hydrogens (tertiary/aromatic N) is 2. The summed E-state index contributed by atoms with van der Waals surface area (Å²) in [6.45, 7) is 1.19. The third-order valence-corrected chi connectivity index (χ3v) is 6.80. The highest BCUT2D eigenvalue weighted by molar-refractivity contribution is 6.31. The SMILES string of the molecule is COCCN1C(=O)[C@@H]2C3CCCN3C3(C(=O)Nc4ccc(Cl)cc43)[C@@H]2C1=O. The van der Waals surface area contributed by atoms with Crippen LogP contribution in [0, 0.1) is 11.8 Å². The van der Waals surface area contributed by atoms with Crippen LogP contribution in [0.2, 0.25) is 5.02 Å². The molecule has 7 nitrogen and oxygen atoms in total. The second-order valence-electron chi connectivity index (χ2n) is 7.64. The van der Waals surface area contributed by atoms with Gasteiger partial charge in [-0.2, -0.15) is 0 Å². The van der Waals surface area contributed by atoms with Gasteiger partial charge in [0.1, 0.15) is 5.54 Å². The number of hydrogen-bond donors (Lipinski definition) is 1. The first-order valence-corrected chi connectivity index (χ1v) is 9.62. The van der Waals surface area contributed by atoms with Crippen molar-refractivity contribution < 1.29 is 19.1 Å². The minimum Gasteiger partial charge on any atom is -0.383 e. The summed E-state index contributed by atoms with van der Waals surface area (Å²) in [5, 5.41) is 3.44. The number of halogens is 1. The maximum Gasteiger partial charge on any atom is 0.250 e. The largest absolute Gasteiger partial charge is 0.383 e. The van der Waals surface area contributed by atoms with Crippen LogP contribution < -0.4 is 5.32 Å². The third kappa shape index (κ3) is 1.97. The Morgan fingerprint density at radius 1 is 1.30 bits per heavy atom. The van der Waals surface area contributed by atoms with Crippen molar-refractivity contribution >= 4 is 35.0 Å². The highest BCUT2D eigenvalue weighted by atomic mass is 35.5. The molecule has 142 valence electrons. The molecule has 2 unspecified atom stereocenters. The van der Waals surface area contributed by atoms with Crippen LogP contribution in [0.25, 0.3) is 0 Å². The number of amides is 3. The van der Waals surface area contributed by atoms with Gasteiger partial charge in [-0.15, -0.1) is 0 Å². The lowest BCUT2D eigenvalue weighted by molar-refractivity contribution is -0.146. The fourth-order valence-electron chi connectivity index (χ4n) is 5.64. The molecule has 1 aromatic carbocycles. The van der Waals surface area contributed by atoms with Crippen molar-refractivity contribution in [3.05, 3.63) is 28.8 Å². The highest BCUT2D eigenvalue weighted by Gasteiger charge is 2.74. The topological polar surface area (TPSA) is 79.0 Å². The molecular formula is C19H20ClN3O4. The number of methoxy groups -OCH3 is 1. The lowest BCUT2D eigenvalue weighted by Gasteiger charge is -2.36. The Bertz CT molecular complexity index is 875. The molecule has 3 amide bonds. The zero-order valence-electron chi connectivity index (χ0n) is 14.9. The summed E-state index contributed by atoms with van der Waals surface area (Å²) >= 11 is 6.24. The van der Waals surface area contributed by atoms with Gasteiger partial charge >= 0.3 is 0 Å². The number of fused-ring (bicyclic) bond motifs is 7. The fraction of sp³-hybridized carbons (Fsp3) is 0.526. The summed E-state index contributed by atoms with van der Waals surface area (Å²) in [6.07, 6.45) is 1.71. The van der Waals surface area contributed by atoms with Crippen LogP contribution in [0.4, 0.5) is 5.69 Å². The Hall–Kier alpha value is -1.96. The molecule has 1 aromatic rings. The van der Waals surface area contributed by atoms with Gasteiger partial charge in [-0.05, 0) is 37.6 Å². The monoisotopic (exact) mass is 389 g/mol. The standard InChI is InChI=1S/C19H20ClN3O4/c1-27-8-7-22-16(24)14-13-3-2-6-23(13)19(15(14)17(22)25)11-9-10(20)4-5-12(11)21-18(19)26/h4-5,9,13-15H,2-3,6-8H2,1H3,(H,21,26)/t13?,14-,15+,19?/m1/s1. The Morgan fingerprint density at radius 2 is 2.11 bits per heavy atom. The number of hydrogen-bond acceptors (Lipinski definition) is 5. The number of carbonyl (C=O) groups is 3. The summed E-state index contributed by atoms with van der Waals surface area (Å²) < 4.78 is 5.07. The van der Waals surface area contributed by atoms with Crippen LogP contribution in [0.15, 0.2) is 18.2 Å². The molecule has 1 N–H and O–H groups in total. The van der Waals surface area contributed by atoms with E-state index in [1.54, 1.807) is 18.2 Å². The predicted octanol–water partition coefficient (Wildman–Crippen LogP) is 1.21. The van der Waals surface area contributed by atoms with E-state index in [9.17, 15) is 14.4 Å². The number of anilines is 1. The van der Waals surface area contributed by atoms with Gasteiger partial charge in [0.25, 0.3) is 0 Å². The molecule has 8 heteroatoms. The molecule has 5 rings (SSSR count). The van der Waals surface area contributed by atoms with E-state index in [4.69, 9.17) is 16.3 Å².